The molecule has 17 heavy (non-hydrogen) atoms. The molecule has 2 N–H and O–H groups in total. The lowest BCUT2D eigenvalue weighted by atomic mass is 10.1. The molecule has 1 heterocycles. The quantitative estimate of drug-likeness (QED) is 0.869. The van der Waals surface area contributed by atoms with Crippen LogP contribution in [0.2, 0.25) is 0 Å². The average Bonchev–Trinajstić information content (AvgIpc) is 2.61. The topological polar surface area (TPSA) is 38.5 Å². The van der Waals surface area contributed by atoms with E-state index in [2.05, 4.69) is 11.8 Å². The summed E-state index contributed by atoms with van der Waals surface area (Å²) >= 11 is 0. The van der Waals surface area contributed by atoms with Crippen LogP contribution in [0.5, 0.6) is 5.75 Å². The maximum Gasteiger partial charge on any atom is 0.131 e. The minimum atomic E-state index is -0.211. The number of hydrogen-bond acceptors (Lipinski definition) is 3. The van der Waals surface area contributed by atoms with Crippen LogP contribution in [0, 0.1) is 11.7 Å². The van der Waals surface area contributed by atoms with Gasteiger partial charge in [-0.2, -0.15) is 0 Å². The van der Waals surface area contributed by atoms with Crippen LogP contribution < -0.4 is 10.5 Å². The maximum absolute atomic E-state index is 13.7. The third kappa shape index (κ3) is 2.76. The van der Waals surface area contributed by atoms with E-state index in [0.29, 0.717) is 23.8 Å². The Kier molecular flexibility index (Phi) is 3.64. The number of rotatable bonds is 3. The molecular weight excluding hydrogens is 219 g/mol. The number of benzene rings is 1. The molecule has 0 aliphatic carbocycles. The van der Waals surface area contributed by atoms with Crippen LogP contribution >= 0.6 is 0 Å². The van der Waals surface area contributed by atoms with Crippen molar-refractivity contribution in [2.45, 2.75) is 19.5 Å². The molecule has 1 aromatic carbocycles. The molecule has 2 rings (SSSR count). The third-order valence-corrected chi connectivity index (χ3v) is 3.40. The Morgan fingerprint density at radius 1 is 1.47 bits per heavy atom. The van der Waals surface area contributed by atoms with Crippen molar-refractivity contribution in [3.05, 3.63) is 29.6 Å². The monoisotopic (exact) mass is 238 g/mol. The fraction of sp³-hybridized carbons (Fsp3) is 0.538. The van der Waals surface area contributed by atoms with Crippen LogP contribution in [0.4, 0.5) is 4.39 Å². The molecule has 0 saturated carbocycles. The van der Waals surface area contributed by atoms with Gasteiger partial charge in [0, 0.05) is 37.3 Å². The van der Waals surface area contributed by atoms with Crippen LogP contribution in [-0.2, 0) is 6.54 Å². The van der Waals surface area contributed by atoms with Crippen LogP contribution in [0.3, 0.4) is 0 Å². The van der Waals surface area contributed by atoms with E-state index in [1.165, 1.54) is 13.2 Å². The van der Waals surface area contributed by atoms with E-state index in [1.807, 2.05) is 0 Å². The molecule has 1 aliphatic heterocycles. The highest BCUT2D eigenvalue weighted by molar-refractivity contribution is 5.28. The van der Waals surface area contributed by atoms with Crippen molar-refractivity contribution < 1.29 is 9.13 Å². The Bertz CT molecular complexity index is 387. The second-order valence-electron chi connectivity index (χ2n) is 4.79. The highest BCUT2D eigenvalue weighted by atomic mass is 19.1. The molecule has 0 amide bonds. The predicted octanol–water partition coefficient (Wildman–Crippen LogP) is 1.61. The minimum absolute atomic E-state index is 0.205. The minimum Gasteiger partial charge on any atom is -0.497 e. The zero-order valence-corrected chi connectivity index (χ0v) is 10.3. The summed E-state index contributed by atoms with van der Waals surface area (Å²) in [5.74, 6) is 0.825. The van der Waals surface area contributed by atoms with Crippen molar-refractivity contribution in [3.63, 3.8) is 0 Å². The van der Waals surface area contributed by atoms with Gasteiger partial charge in [0.15, 0.2) is 0 Å². The van der Waals surface area contributed by atoms with Gasteiger partial charge >= 0.3 is 0 Å². The van der Waals surface area contributed by atoms with Gasteiger partial charge in [-0.25, -0.2) is 4.39 Å². The fourth-order valence-electron chi connectivity index (χ4n) is 2.25. The van der Waals surface area contributed by atoms with Gasteiger partial charge in [-0.1, -0.05) is 13.0 Å². The van der Waals surface area contributed by atoms with Gasteiger partial charge in [-0.05, 0) is 12.0 Å². The fourth-order valence-corrected chi connectivity index (χ4v) is 2.25. The van der Waals surface area contributed by atoms with Gasteiger partial charge in [0.25, 0.3) is 0 Å². The average molecular weight is 238 g/mol. The van der Waals surface area contributed by atoms with Crippen molar-refractivity contribution in [3.8, 4) is 5.75 Å². The summed E-state index contributed by atoms with van der Waals surface area (Å²) in [6, 6.07) is 5.20. The molecule has 2 unspecified atom stereocenters. The molecule has 0 bridgehead atoms. The number of nitrogens with zero attached hydrogens (tertiary/aromatic N) is 1. The summed E-state index contributed by atoms with van der Waals surface area (Å²) in [5.41, 5.74) is 6.65. The third-order valence-electron chi connectivity index (χ3n) is 3.40. The van der Waals surface area contributed by atoms with E-state index < -0.39 is 0 Å². The van der Waals surface area contributed by atoms with Crippen LogP contribution in [0.15, 0.2) is 18.2 Å². The van der Waals surface area contributed by atoms with E-state index in [-0.39, 0.29) is 11.9 Å². The van der Waals surface area contributed by atoms with Gasteiger partial charge in [0.1, 0.15) is 11.6 Å². The Balaban J connectivity index is 2.04. The maximum atomic E-state index is 13.7. The van der Waals surface area contributed by atoms with E-state index in [9.17, 15) is 4.39 Å². The Morgan fingerprint density at radius 2 is 2.24 bits per heavy atom. The van der Waals surface area contributed by atoms with E-state index in [0.717, 1.165) is 13.1 Å². The summed E-state index contributed by atoms with van der Waals surface area (Å²) in [5, 5.41) is 0. The summed E-state index contributed by atoms with van der Waals surface area (Å²) in [4.78, 5) is 2.19. The first-order chi connectivity index (χ1) is 8.10. The van der Waals surface area contributed by atoms with Crippen molar-refractivity contribution in [1.82, 2.24) is 4.90 Å². The lowest BCUT2D eigenvalue weighted by Crippen LogP contribution is -2.28. The van der Waals surface area contributed by atoms with Crippen molar-refractivity contribution in [2.24, 2.45) is 11.7 Å². The van der Waals surface area contributed by atoms with Crippen LogP contribution in [0.1, 0.15) is 12.5 Å². The zero-order chi connectivity index (χ0) is 12.4. The number of nitrogens with two attached hydrogens (primary N) is 1. The van der Waals surface area contributed by atoms with Crippen LogP contribution in [0.25, 0.3) is 0 Å². The first-order valence-corrected chi connectivity index (χ1v) is 5.90. The molecule has 1 aliphatic rings. The van der Waals surface area contributed by atoms with E-state index in [4.69, 9.17) is 10.5 Å². The number of ether oxygens (including phenoxy) is 1. The summed E-state index contributed by atoms with van der Waals surface area (Å²) < 4.78 is 18.7. The van der Waals surface area contributed by atoms with Crippen molar-refractivity contribution >= 4 is 0 Å². The molecule has 3 nitrogen and oxygen atoms in total. The number of methoxy groups -OCH3 is 1. The Morgan fingerprint density at radius 3 is 2.76 bits per heavy atom. The highest BCUT2D eigenvalue weighted by Gasteiger charge is 2.26. The second kappa shape index (κ2) is 5.02. The lowest BCUT2D eigenvalue weighted by molar-refractivity contribution is 0.313. The first kappa shape index (κ1) is 12.3. The second-order valence-corrected chi connectivity index (χ2v) is 4.79. The zero-order valence-electron chi connectivity index (χ0n) is 10.3. The molecule has 0 radical (unpaired) electrons. The molecule has 0 spiro atoms. The van der Waals surface area contributed by atoms with Crippen molar-refractivity contribution in [2.75, 3.05) is 20.2 Å². The van der Waals surface area contributed by atoms with Gasteiger partial charge in [-0.3, -0.25) is 4.90 Å². The molecule has 4 heteroatoms. The SMILES string of the molecule is COc1ccc(CN2CC(C)C(N)C2)c(F)c1. The predicted molar refractivity (Wildman–Crippen MR) is 65.4 cm³/mol. The highest BCUT2D eigenvalue weighted by Crippen LogP contribution is 2.21. The molecule has 1 aromatic rings. The van der Waals surface area contributed by atoms with Gasteiger partial charge in [0.05, 0.1) is 7.11 Å². The molecule has 94 valence electrons. The number of hydrogen-bond donors (Lipinski definition) is 1. The van der Waals surface area contributed by atoms with Crippen molar-refractivity contribution in [1.29, 1.82) is 0 Å². The molecule has 2 atom stereocenters. The Labute approximate surface area is 101 Å². The molecule has 0 aromatic heterocycles. The summed E-state index contributed by atoms with van der Waals surface area (Å²) in [7, 11) is 1.54. The van der Waals surface area contributed by atoms with Crippen LogP contribution in [-0.4, -0.2) is 31.1 Å². The van der Waals surface area contributed by atoms with Gasteiger partial charge in [-0.15, -0.1) is 0 Å². The number of halogens is 1. The molecule has 1 fully saturated rings. The molecular formula is C13H19FN2O. The standard InChI is InChI=1S/C13H19FN2O/c1-9-6-16(8-13(9)15)7-10-3-4-11(17-2)5-12(10)14/h3-5,9,13H,6-8,15H2,1-2H3. The Hall–Kier alpha value is -1.13. The van der Waals surface area contributed by atoms with Gasteiger partial charge < -0.3 is 10.5 Å². The summed E-state index contributed by atoms with van der Waals surface area (Å²) in [6.45, 7) is 4.53. The number of likely N-dealkylation sites (tertiary alicyclic amines) is 1. The first-order valence-electron chi connectivity index (χ1n) is 5.90. The lowest BCUT2D eigenvalue weighted by Gasteiger charge is -2.16. The summed E-state index contributed by atoms with van der Waals surface area (Å²) in [6.07, 6.45) is 0. The smallest absolute Gasteiger partial charge is 0.131 e. The largest absolute Gasteiger partial charge is 0.497 e. The van der Waals surface area contributed by atoms with E-state index >= 15 is 0 Å². The normalized spacial score (nSPS) is 25.2. The van der Waals surface area contributed by atoms with Gasteiger partial charge in [0.2, 0.25) is 0 Å². The van der Waals surface area contributed by atoms with E-state index in [1.54, 1.807) is 12.1 Å². The molecule has 1 saturated heterocycles.